The van der Waals surface area contributed by atoms with Gasteiger partial charge in [0.2, 0.25) is 0 Å². The van der Waals surface area contributed by atoms with Gasteiger partial charge in [0.15, 0.2) is 0 Å². The van der Waals surface area contributed by atoms with Crippen LogP contribution in [0, 0.1) is 15.9 Å². The molecule has 0 atom stereocenters. The van der Waals surface area contributed by atoms with Crippen LogP contribution in [-0.4, -0.2) is 35.9 Å². The van der Waals surface area contributed by atoms with Crippen LogP contribution in [0.1, 0.15) is 16.8 Å². The molecule has 0 saturated heterocycles. The number of hydrogen-bond acceptors (Lipinski definition) is 4. The third kappa shape index (κ3) is 5.15. The molecular formula is C17H16ClFN2O4. The van der Waals surface area contributed by atoms with E-state index in [1.54, 1.807) is 7.05 Å². The summed E-state index contributed by atoms with van der Waals surface area (Å²) in [6, 6.07) is 9.38. The quantitative estimate of drug-likeness (QED) is 0.423. The fourth-order valence-electron chi connectivity index (χ4n) is 2.12. The lowest BCUT2D eigenvalue weighted by molar-refractivity contribution is -0.384. The summed E-state index contributed by atoms with van der Waals surface area (Å²) in [7, 11) is 1.58. The summed E-state index contributed by atoms with van der Waals surface area (Å²) in [4.78, 5) is 24.0. The van der Waals surface area contributed by atoms with E-state index in [-0.39, 0.29) is 22.1 Å². The van der Waals surface area contributed by atoms with Crippen LogP contribution in [0.3, 0.4) is 0 Å². The van der Waals surface area contributed by atoms with Gasteiger partial charge in [-0.15, -0.1) is 0 Å². The molecule has 0 radical (unpaired) electrons. The number of carbonyl (C=O) groups is 1. The lowest BCUT2D eigenvalue weighted by Gasteiger charge is -2.18. The van der Waals surface area contributed by atoms with E-state index < -0.39 is 10.8 Å². The third-order valence-electron chi connectivity index (χ3n) is 3.46. The molecule has 0 N–H and O–H groups in total. The maximum Gasteiger partial charge on any atom is 0.270 e. The van der Waals surface area contributed by atoms with Gasteiger partial charge in [0, 0.05) is 25.7 Å². The maximum atomic E-state index is 12.8. The average Bonchev–Trinajstić information content (AvgIpc) is 2.59. The van der Waals surface area contributed by atoms with E-state index in [4.69, 9.17) is 16.3 Å². The Hall–Kier alpha value is -2.67. The SMILES string of the molecule is CN(CCCOc1ccc(F)cc1)C(=O)c1cc([N+](=O)[O-])ccc1Cl. The molecule has 0 bridgehead atoms. The number of carbonyl (C=O) groups excluding carboxylic acids is 1. The van der Waals surface area contributed by atoms with Crippen LogP contribution in [0.5, 0.6) is 5.75 Å². The minimum absolute atomic E-state index is 0.0813. The second-order valence-electron chi connectivity index (χ2n) is 5.30. The standard InChI is InChI=1S/C17H16ClFN2O4/c1-20(9-2-10-25-14-6-3-12(19)4-7-14)17(22)15-11-13(21(23)24)5-8-16(15)18/h3-8,11H,2,9-10H2,1H3. The molecule has 0 aliphatic carbocycles. The summed E-state index contributed by atoms with van der Waals surface area (Å²) in [6.07, 6.45) is 0.534. The average molecular weight is 367 g/mol. The largest absolute Gasteiger partial charge is 0.494 e. The molecule has 0 aromatic heterocycles. The minimum atomic E-state index is -0.580. The molecule has 8 heteroatoms. The van der Waals surface area contributed by atoms with Crippen LogP contribution < -0.4 is 4.74 Å². The van der Waals surface area contributed by atoms with Crippen LogP contribution in [0.2, 0.25) is 5.02 Å². The smallest absolute Gasteiger partial charge is 0.270 e. The summed E-state index contributed by atoms with van der Waals surface area (Å²) in [5.41, 5.74) is -0.112. The zero-order valence-electron chi connectivity index (χ0n) is 13.4. The van der Waals surface area contributed by atoms with Crippen molar-refractivity contribution in [1.29, 1.82) is 0 Å². The van der Waals surface area contributed by atoms with Crippen molar-refractivity contribution >= 4 is 23.2 Å². The third-order valence-corrected chi connectivity index (χ3v) is 3.79. The van der Waals surface area contributed by atoms with Crippen LogP contribution in [0.4, 0.5) is 10.1 Å². The van der Waals surface area contributed by atoms with Crippen molar-refractivity contribution in [2.75, 3.05) is 20.2 Å². The van der Waals surface area contributed by atoms with Gasteiger partial charge in [-0.3, -0.25) is 14.9 Å². The Morgan fingerprint density at radius 2 is 1.96 bits per heavy atom. The van der Waals surface area contributed by atoms with E-state index >= 15 is 0 Å². The molecule has 0 saturated carbocycles. The van der Waals surface area contributed by atoms with Crippen molar-refractivity contribution in [1.82, 2.24) is 4.90 Å². The number of nitro benzene ring substituents is 1. The van der Waals surface area contributed by atoms with Gasteiger partial charge in [0.1, 0.15) is 11.6 Å². The first-order chi connectivity index (χ1) is 11.9. The number of ether oxygens (including phenoxy) is 1. The fraction of sp³-hybridized carbons (Fsp3) is 0.235. The second kappa shape index (κ2) is 8.43. The molecule has 6 nitrogen and oxygen atoms in total. The Morgan fingerprint density at radius 1 is 1.28 bits per heavy atom. The monoisotopic (exact) mass is 366 g/mol. The fourth-order valence-corrected chi connectivity index (χ4v) is 2.32. The first-order valence-corrected chi connectivity index (χ1v) is 7.84. The summed E-state index contributed by atoms with van der Waals surface area (Å²) < 4.78 is 18.2. The number of nitro groups is 1. The van der Waals surface area contributed by atoms with Crippen molar-refractivity contribution in [2.45, 2.75) is 6.42 Å². The minimum Gasteiger partial charge on any atom is -0.494 e. The lowest BCUT2D eigenvalue weighted by atomic mass is 10.1. The molecule has 0 aliphatic heterocycles. The molecule has 132 valence electrons. The van der Waals surface area contributed by atoms with Gasteiger partial charge in [0.25, 0.3) is 11.6 Å². The van der Waals surface area contributed by atoms with Crippen molar-refractivity contribution in [2.24, 2.45) is 0 Å². The van der Waals surface area contributed by atoms with Crippen molar-refractivity contribution in [3.8, 4) is 5.75 Å². The first-order valence-electron chi connectivity index (χ1n) is 7.46. The highest BCUT2D eigenvalue weighted by Gasteiger charge is 2.18. The number of nitrogens with zero attached hydrogens (tertiary/aromatic N) is 2. The normalized spacial score (nSPS) is 10.4. The Bertz CT molecular complexity index is 768. The van der Waals surface area contributed by atoms with Crippen LogP contribution in [-0.2, 0) is 0 Å². The Morgan fingerprint density at radius 3 is 2.60 bits per heavy atom. The van der Waals surface area contributed by atoms with Gasteiger partial charge < -0.3 is 9.64 Å². The highest BCUT2D eigenvalue weighted by molar-refractivity contribution is 6.33. The van der Waals surface area contributed by atoms with E-state index in [1.807, 2.05) is 0 Å². The molecular weight excluding hydrogens is 351 g/mol. The van der Waals surface area contributed by atoms with Crippen LogP contribution in [0.25, 0.3) is 0 Å². The zero-order valence-corrected chi connectivity index (χ0v) is 14.2. The van der Waals surface area contributed by atoms with E-state index in [0.29, 0.717) is 25.3 Å². The van der Waals surface area contributed by atoms with Gasteiger partial charge in [-0.1, -0.05) is 11.6 Å². The molecule has 0 spiro atoms. The molecule has 2 aromatic carbocycles. The predicted molar refractivity (Wildman–Crippen MR) is 91.6 cm³/mol. The number of rotatable bonds is 7. The molecule has 0 unspecified atom stereocenters. The second-order valence-corrected chi connectivity index (χ2v) is 5.71. The summed E-state index contributed by atoms with van der Waals surface area (Å²) in [5, 5.41) is 11.0. The number of non-ortho nitro benzene ring substituents is 1. The van der Waals surface area contributed by atoms with Gasteiger partial charge in [0.05, 0.1) is 22.1 Å². The van der Waals surface area contributed by atoms with Gasteiger partial charge in [-0.05, 0) is 36.8 Å². The van der Waals surface area contributed by atoms with E-state index in [2.05, 4.69) is 0 Å². The Balaban J connectivity index is 1.89. The number of hydrogen-bond donors (Lipinski definition) is 0. The molecule has 0 aliphatic rings. The number of benzene rings is 2. The highest BCUT2D eigenvalue weighted by atomic mass is 35.5. The van der Waals surface area contributed by atoms with E-state index in [9.17, 15) is 19.3 Å². The highest BCUT2D eigenvalue weighted by Crippen LogP contribution is 2.23. The maximum absolute atomic E-state index is 12.8. The lowest BCUT2D eigenvalue weighted by Crippen LogP contribution is -2.29. The molecule has 0 heterocycles. The Kier molecular flexibility index (Phi) is 6.30. The van der Waals surface area contributed by atoms with Crippen molar-refractivity contribution in [3.05, 3.63) is 69.0 Å². The summed E-state index contributed by atoms with van der Waals surface area (Å²) in [5.74, 6) is -0.209. The van der Waals surface area contributed by atoms with Crippen LogP contribution in [0.15, 0.2) is 42.5 Å². The van der Waals surface area contributed by atoms with E-state index in [0.717, 1.165) is 6.07 Å². The van der Waals surface area contributed by atoms with Crippen molar-refractivity contribution in [3.63, 3.8) is 0 Å². The summed E-state index contributed by atoms with van der Waals surface area (Å²) in [6.45, 7) is 0.713. The van der Waals surface area contributed by atoms with E-state index in [1.165, 1.54) is 41.3 Å². The van der Waals surface area contributed by atoms with Crippen molar-refractivity contribution < 1.29 is 18.8 Å². The number of halogens is 2. The zero-order chi connectivity index (χ0) is 18.4. The van der Waals surface area contributed by atoms with Gasteiger partial charge in [-0.25, -0.2) is 4.39 Å². The topological polar surface area (TPSA) is 72.7 Å². The molecule has 1 amide bonds. The molecule has 0 fully saturated rings. The molecule has 25 heavy (non-hydrogen) atoms. The molecule has 2 aromatic rings. The van der Waals surface area contributed by atoms with Crippen LogP contribution >= 0.6 is 11.6 Å². The van der Waals surface area contributed by atoms with Gasteiger partial charge >= 0.3 is 0 Å². The number of amides is 1. The predicted octanol–water partition coefficient (Wildman–Crippen LogP) is 3.93. The summed E-state index contributed by atoms with van der Waals surface area (Å²) >= 11 is 5.97. The molecule has 2 rings (SSSR count). The Labute approximate surface area is 148 Å². The first kappa shape index (κ1) is 18.7. The van der Waals surface area contributed by atoms with Gasteiger partial charge in [-0.2, -0.15) is 0 Å².